The molecule has 2 nitrogen and oxygen atoms in total. The van der Waals surface area contributed by atoms with Crippen molar-refractivity contribution in [1.29, 1.82) is 0 Å². The Balaban J connectivity index is 2.14. The maximum absolute atomic E-state index is 5.94. The number of benzene rings is 1. The first-order chi connectivity index (χ1) is 8.22. The van der Waals surface area contributed by atoms with E-state index in [9.17, 15) is 0 Å². The Labute approximate surface area is 110 Å². The van der Waals surface area contributed by atoms with Crippen LogP contribution in [-0.2, 0) is 6.42 Å². The van der Waals surface area contributed by atoms with E-state index in [0.717, 1.165) is 31.1 Å². The Hall–Kier alpha value is -0.570. The molecule has 0 saturated carbocycles. The third-order valence-corrected chi connectivity index (χ3v) is 2.91. The molecule has 0 aromatic heterocycles. The second-order valence-electron chi connectivity index (χ2n) is 4.44. The normalized spacial score (nSPS) is 12.6. The molecule has 0 radical (unpaired) electrons. The molecule has 1 aromatic carbocycles. The zero-order valence-corrected chi connectivity index (χ0v) is 11.6. The first kappa shape index (κ1) is 14.5. The second-order valence-corrected chi connectivity index (χ2v) is 4.88. The third kappa shape index (κ3) is 6.67. The summed E-state index contributed by atoms with van der Waals surface area (Å²) in [6.07, 6.45) is 2.22. The molecule has 1 atom stereocenters. The second kappa shape index (κ2) is 8.51. The van der Waals surface area contributed by atoms with E-state index in [0.29, 0.717) is 6.04 Å². The molecule has 0 aliphatic carbocycles. The highest BCUT2D eigenvalue weighted by Gasteiger charge is 2.00. The molecule has 0 aliphatic heterocycles. The third-order valence-electron chi connectivity index (χ3n) is 2.67. The fourth-order valence-electron chi connectivity index (χ4n) is 1.72. The van der Waals surface area contributed by atoms with Gasteiger partial charge in [-0.25, -0.2) is 0 Å². The molecule has 0 bridgehead atoms. The van der Waals surface area contributed by atoms with Gasteiger partial charge in [0, 0.05) is 17.6 Å². The van der Waals surface area contributed by atoms with Gasteiger partial charge in [-0.15, -0.1) is 0 Å². The van der Waals surface area contributed by atoms with E-state index in [1.807, 2.05) is 18.2 Å². The molecular formula is C14H23ClN2. The van der Waals surface area contributed by atoms with E-state index in [1.165, 1.54) is 12.0 Å². The minimum absolute atomic E-state index is 0.515. The predicted molar refractivity (Wildman–Crippen MR) is 75.8 cm³/mol. The summed E-state index contributed by atoms with van der Waals surface area (Å²) < 4.78 is 0. The molecule has 96 valence electrons. The molecule has 0 heterocycles. The molecular weight excluding hydrogens is 232 g/mol. The molecule has 0 spiro atoms. The summed E-state index contributed by atoms with van der Waals surface area (Å²) in [6, 6.07) is 8.58. The van der Waals surface area contributed by atoms with Crippen molar-refractivity contribution in [2.45, 2.75) is 32.7 Å². The smallest absolute Gasteiger partial charge is 0.0408 e. The number of rotatable bonds is 8. The van der Waals surface area contributed by atoms with E-state index >= 15 is 0 Å². The van der Waals surface area contributed by atoms with Crippen LogP contribution in [0, 0.1) is 0 Å². The first-order valence-corrected chi connectivity index (χ1v) is 6.78. The Morgan fingerprint density at radius 3 is 2.82 bits per heavy atom. The van der Waals surface area contributed by atoms with Crippen molar-refractivity contribution in [2.75, 3.05) is 19.6 Å². The van der Waals surface area contributed by atoms with Crippen LogP contribution in [0.1, 0.15) is 25.8 Å². The van der Waals surface area contributed by atoms with Crippen LogP contribution in [0.15, 0.2) is 24.3 Å². The molecule has 2 N–H and O–H groups in total. The van der Waals surface area contributed by atoms with Crippen molar-refractivity contribution < 1.29 is 0 Å². The summed E-state index contributed by atoms with van der Waals surface area (Å²) in [4.78, 5) is 0. The fourth-order valence-corrected chi connectivity index (χ4v) is 1.94. The maximum atomic E-state index is 5.94. The molecule has 1 rings (SSSR count). The SMILES string of the molecule is CCCNCC(C)NCCc1cccc(Cl)c1. The van der Waals surface area contributed by atoms with Crippen LogP contribution >= 0.6 is 11.6 Å². The first-order valence-electron chi connectivity index (χ1n) is 6.41. The minimum Gasteiger partial charge on any atom is -0.315 e. The van der Waals surface area contributed by atoms with Gasteiger partial charge in [-0.05, 0) is 50.6 Å². The lowest BCUT2D eigenvalue weighted by atomic mass is 10.1. The number of hydrogen-bond donors (Lipinski definition) is 2. The molecule has 17 heavy (non-hydrogen) atoms. The fraction of sp³-hybridized carbons (Fsp3) is 0.571. The molecule has 0 saturated heterocycles. The van der Waals surface area contributed by atoms with Crippen LogP contribution in [-0.4, -0.2) is 25.7 Å². The molecule has 3 heteroatoms. The van der Waals surface area contributed by atoms with Gasteiger partial charge in [0.2, 0.25) is 0 Å². The van der Waals surface area contributed by atoms with Gasteiger partial charge in [-0.2, -0.15) is 0 Å². The molecule has 0 aliphatic rings. The minimum atomic E-state index is 0.515. The molecule has 1 unspecified atom stereocenters. The van der Waals surface area contributed by atoms with Crippen LogP contribution in [0.2, 0.25) is 5.02 Å². The zero-order valence-electron chi connectivity index (χ0n) is 10.8. The van der Waals surface area contributed by atoms with Crippen LogP contribution in [0.3, 0.4) is 0 Å². The molecule has 1 aromatic rings. The highest BCUT2D eigenvalue weighted by atomic mass is 35.5. The van der Waals surface area contributed by atoms with Gasteiger partial charge in [-0.3, -0.25) is 0 Å². The van der Waals surface area contributed by atoms with Gasteiger partial charge in [0.1, 0.15) is 0 Å². The molecule has 0 fully saturated rings. The van der Waals surface area contributed by atoms with Crippen molar-refractivity contribution in [3.8, 4) is 0 Å². The van der Waals surface area contributed by atoms with Crippen molar-refractivity contribution in [3.05, 3.63) is 34.9 Å². The van der Waals surface area contributed by atoms with Crippen molar-refractivity contribution in [3.63, 3.8) is 0 Å². The summed E-state index contributed by atoms with van der Waals surface area (Å²) in [6.45, 7) is 7.52. The number of hydrogen-bond acceptors (Lipinski definition) is 2. The maximum Gasteiger partial charge on any atom is 0.0408 e. The lowest BCUT2D eigenvalue weighted by Gasteiger charge is -2.14. The van der Waals surface area contributed by atoms with Gasteiger partial charge < -0.3 is 10.6 Å². The summed E-state index contributed by atoms with van der Waals surface area (Å²) in [5.41, 5.74) is 1.29. The lowest BCUT2D eigenvalue weighted by molar-refractivity contribution is 0.504. The summed E-state index contributed by atoms with van der Waals surface area (Å²) in [5, 5.41) is 7.73. The number of nitrogens with one attached hydrogen (secondary N) is 2. The summed E-state index contributed by atoms with van der Waals surface area (Å²) >= 11 is 5.94. The van der Waals surface area contributed by atoms with Crippen LogP contribution < -0.4 is 10.6 Å². The number of halogens is 1. The van der Waals surface area contributed by atoms with E-state index in [4.69, 9.17) is 11.6 Å². The highest BCUT2D eigenvalue weighted by molar-refractivity contribution is 6.30. The average Bonchev–Trinajstić information content (AvgIpc) is 2.29. The van der Waals surface area contributed by atoms with Crippen LogP contribution in [0.4, 0.5) is 0 Å². The monoisotopic (exact) mass is 254 g/mol. The van der Waals surface area contributed by atoms with Crippen molar-refractivity contribution >= 4 is 11.6 Å². The Morgan fingerprint density at radius 1 is 1.29 bits per heavy atom. The Bertz CT molecular complexity index is 315. The standard InChI is InChI=1S/C14H23ClN2/c1-3-8-16-11-12(2)17-9-7-13-5-4-6-14(15)10-13/h4-6,10,12,16-17H,3,7-9,11H2,1-2H3. The lowest BCUT2D eigenvalue weighted by Crippen LogP contribution is -2.37. The van der Waals surface area contributed by atoms with E-state index < -0.39 is 0 Å². The van der Waals surface area contributed by atoms with Crippen molar-refractivity contribution in [2.24, 2.45) is 0 Å². The summed E-state index contributed by atoms with van der Waals surface area (Å²) in [5.74, 6) is 0. The van der Waals surface area contributed by atoms with Crippen molar-refractivity contribution in [1.82, 2.24) is 10.6 Å². The zero-order chi connectivity index (χ0) is 12.5. The van der Waals surface area contributed by atoms with E-state index in [-0.39, 0.29) is 0 Å². The van der Waals surface area contributed by atoms with Crippen LogP contribution in [0.5, 0.6) is 0 Å². The van der Waals surface area contributed by atoms with Gasteiger partial charge in [0.15, 0.2) is 0 Å². The highest BCUT2D eigenvalue weighted by Crippen LogP contribution is 2.10. The van der Waals surface area contributed by atoms with Gasteiger partial charge in [0.25, 0.3) is 0 Å². The average molecular weight is 255 g/mol. The predicted octanol–water partition coefficient (Wildman–Crippen LogP) is 2.86. The van der Waals surface area contributed by atoms with Gasteiger partial charge in [-0.1, -0.05) is 30.7 Å². The van der Waals surface area contributed by atoms with E-state index in [2.05, 4.69) is 30.5 Å². The van der Waals surface area contributed by atoms with Gasteiger partial charge in [0.05, 0.1) is 0 Å². The van der Waals surface area contributed by atoms with Gasteiger partial charge >= 0.3 is 0 Å². The Kier molecular flexibility index (Phi) is 7.25. The quantitative estimate of drug-likeness (QED) is 0.697. The topological polar surface area (TPSA) is 24.1 Å². The van der Waals surface area contributed by atoms with E-state index in [1.54, 1.807) is 0 Å². The summed E-state index contributed by atoms with van der Waals surface area (Å²) in [7, 11) is 0. The largest absolute Gasteiger partial charge is 0.315 e. The Morgan fingerprint density at radius 2 is 2.12 bits per heavy atom. The van der Waals surface area contributed by atoms with Crippen LogP contribution in [0.25, 0.3) is 0 Å². The molecule has 0 amide bonds.